The molecule has 0 bridgehead atoms. The summed E-state index contributed by atoms with van der Waals surface area (Å²) in [6.07, 6.45) is 0.859. The highest BCUT2D eigenvalue weighted by Crippen LogP contribution is 2.38. The van der Waals surface area contributed by atoms with Gasteiger partial charge in [0, 0.05) is 31.7 Å². The van der Waals surface area contributed by atoms with Crippen LogP contribution in [0.5, 0.6) is 11.5 Å². The Balaban J connectivity index is 1.92. The van der Waals surface area contributed by atoms with Gasteiger partial charge < -0.3 is 20.1 Å². The van der Waals surface area contributed by atoms with Crippen LogP contribution < -0.4 is 20.1 Å². The normalized spacial score (nSPS) is 16.1. The molecule has 0 saturated heterocycles. The maximum atomic E-state index is 14.3. The van der Waals surface area contributed by atoms with Crippen LogP contribution in [0, 0.1) is 5.82 Å². The quantitative estimate of drug-likeness (QED) is 0.673. The van der Waals surface area contributed by atoms with Crippen LogP contribution in [0.3, 0.4) is 0 Å². The Kier molecular flexibility index (Phi) is 7.28. The average Bonchev–Trinajstić information content (AvgIpc) is 2.73. The van der Waals surface area contributed by atoms with Crippen LogP contribution >= 0.6 is 12.2 Å². The molecule has 1 aliphatic heterocycles. The van der Waals surface area contributed by atoms with Gasteiger partial charge in [0.15, 0.2) is 16.6 Å². The van der Waals surface area contributed by atoms with E-state index in [2.05, 4.69) is 15.5 Å². The van der Waals surface area contributed by atoms with E-state index in [1.54, 1.807) is 20.3 Å². The Morgan fingerprint density at radius 1 is 1.17 bits per heavy atom. The number of methoxy groups -OCH3 is 2. The summed E-state index contributed by atoms with van der Waals surface area (Å²) in [6, 6.07) is 11.0. The number of thiocarbonyl (C=S) groups is 1. The van der Waals surface area contributed by atoms with Gasteiger partial charge in [0.1, 0.15) is 5.82 Å². The Hall–Kier alpha value is -2.38. The average molecular weight is 418 g/mol. The molecule has 1 aliphatic rings. The summed E-state index contributed by atoms with van der Waals surface area (Å²) in [5.41, 5.74) is 3.06. The monoisotopic (exact) mass is 417 g/mol. The first-order valence-corrected chi connectivity index (χ1v) is 10.2. The third-order valence-corrected chi connectivity index (χ3v) is 5.53. The van der Waals surface area contributed by atoms with Crippen LogP contribution in [0.2, 0.25) is 0 Å². The van der Waals surface area contributed by atoms with Crippen molar-refractivity contribution < 1.29 is 13.9 Å². The predicted octanol–water partition coefficient (Wildman–Crippen LogP) is 3.43. The van der Waals surface area contributed by atoms with Crippen molar-refractivity contribution in [3.8, 4) is 11.5 Å². The van der Waals surface area contributed by atoms with E-state index < -0.39 is 0 Å². The van der Waals surface area contributed by atoms with Crippen LogP contribution in [-0.4, -0.2) is 43.9 Å². The van der Waals surface area contributed by atoms with E-state index in [1.807, 2.05) is 31.2 Å². The number of halogens is 1. The minimum Gasteiger partial charge on any atom is -0.493 e. The summed E-state index contributed by atoms with van der Waals surface area (Å²) < 4.78 is 25.3. The van der Waals surface area contributed by atoms with Crippen LogP contribution in [0.15, 0.2) is 36.4 Å². The topological polar surface area (TPSA) is 45.8 Å². The van der Waals surface area contributed by atoms with E-state index in [0.29, 0.717) is 29.5 Å². The molecule has 3 rings (SSSR count). The molecule has 0 fully saturated rings. The smallest absolute Gasteiger partial charge is 0.166 e. The molecule has 0 aliphatic carbocycles. The van der Waals surface area contributed by atoms with Crippen LogP contribution in [0.1, 0.15) is 29.7 Å². The third-order valence-electron chi connectivity index (χ3n) is 5.24. The molecule has 5 nitrogen and oxygen atoms in total. The number of hydrogen-bond donors (Lipinski definition) is 2. The zero-order valence-electron chi connectivity index (χ0n) is 17.1. The lowest BCUT2D eigenvalue weighted by Gasteiger charge is -2.38. The Morgan fingerprint density at radius 2 is 1.90 bits per heavy atom. The minimum absolute atomic E-state index is 0.0229. The zero-order chi connectivity index (χ0) is 20.8. The molecule has 1 heterocycles. The number of benzene rings is 2. The molecule has 0 radical (unpaired) electrons. The van der Waals surface area contributed by atoms with Crippen LogP contribution in [0.25, 0.3) is 0 Å². The number of nitrogens with one attached hydrogen (secondary N) is 2. The lowest BCUT2D eigenvalue weighted by molar-refractivity contribution is 0.174. The summed E-state index contributed by atoms with van der Waals surface area (Å²) >= 11 is 5.35. The van der Waals surface area contributed by atoms with Gasteiger partial charge >= 0.3 is 0 Å². The largest absolute Gasteiger partial charge is 0.493 e. The van der Waals surface area contributed by atoms with E-state index in [4.69, 9.17) is 21.7 Å². The van der Waals surface area contributed by atoms with Crippen molar-refractivity contribution in [1.29, 1.82) is 0 Å². The van der Waals surface area contributed by atoms with E-state index in [0.717, 1.165) is 30.8 Å². The van der Waals surface area contributed by atoms with Gasteiger partial charge in [0.2, 0.25) is 0 Å². The molecule has 29 heavy (non-hydrogen) atoms. The van der Waals surface area contributed by atoms with Gasteiger partial charge in [-0.3, -0.25) is 4.90 Å². The molecule has 0 saturated carbocycles. The van der Waals surface area contributed by atoms with Gasteiger partial charge in [0.05, 0.1) is 20.3 Å². The third kappa shape index (κ3) is 4.97. The first-order valence-electron chi connectivity index (χ1n) is 9.81. The SMILES string of the molecule is CCNC(=S)NC[C@@H]1c2cc(OC)c(OC)cc2CCN1Cc1ccccc1F. The first kappa shape index (κ1) is 21.3. The standard InChI is InChI=1S/C22H28FN3O2S/c1-4-24-22(29)25-13-19-17-12-21(28-3)20(27-2)11-15(17)9-10-26(19)14-16-7-5-6-8-18(16)23/h5-8,11-12,19H,4,9-10,13-14H2,1-3H3,(H2,24,25,29)/t19-/m1/s1. The van der Waals surface area contributed by atoms with Crippen molar-refractivity contribution >= 4 is 17.3 Å². The molecule has 1 atom stereocenters. The lowest BCUT2D eigenvalue weighted by atomic mass is 9.91. The maximum Gasteiger partial charge on any atom is 0.166 e. The minimum atomic E-state index is -0.180. The predicted molar refractivity (Wildman–Crippen MR) is 117 cm³/mol. The van der Waals surface area contributed by atoms with Crippen LogP contribution in [0.4, 0.5) is 4.39 Å². The van der Waals surface area contributed by atoms with Crippen molar-refractivity contribution in [2.45, 2.75) is 25.9 Å². The molecule has 0 spiro atoms. The van der Waals surface area contributed by atoms with Gasteiger partial charge in [-0.2, -0.15) is 0 Å². The second-order valence-electron chi connectivity index (χ2n) is 6.97. The van der Waals surface area contributed by atoms with E-state index in [9.17, 15) is 4.39 Å². The molecule has 156 valence electrons. The summed E-state index contributed by atoms with van der Waals surface area (Å²) in [7, 11) is 3.28. The van der Waals surface area contributed by atoms with Crippen molar-refractivity contribution in [1.82, 2.24) is 15.5 Å². The Bertz CT molecular complexity index is 862. The summed E-state index contributed by atoms with van der Waals surface area (Å²) in [5.74, 6) is 1.24. The number of rotatable bonds is 7. The second-order valence-corrected chi connectivity index (χ2v) is 7.38. The van der Waals surface area contributed by atoms with Gasteiger partial charge in [0.25, 0.3) is 0 Å². The fourth-order valence-corrected chi connectivity index (χ4v) is 3.99. The van der Waals surface area contributed by atoms with Crippen molar-refractivity contribution in [3.05, 3.63) is 58.9 Å². The summed E-state index contributed by atoms with van der Waals surface area (Å²) in [6.45, 7) is 4.73. The molecule has 7 heteroatoms. The number of ether oxygens (including phenoxy) is 2. The second kappa shape index (κ2) is 9.89. The fraction of sp³-hybridized carbons (Fsp3) is 0.409. The van der Waals surface area contributed by atoms with Crippen LogP contribution in [-0.2, 0) is 13.0 Å². The molecule has 0 unspecified atom stereocenters. The first-order chi connectivity index (χ1) is 14.1. The molecule has 2 aromatic carbocycles. The molecular formula is C22H28FN3O2S. The molecule has 2 aromatic rings. The molecular weight excluding hydrogens is 389 g/mol. The van der Waals surface area contributed by atoms with E-state index in [1.165, 1.54) is 11.6 Å². The zero-order valence-corrected chi connectivity index (χ0v) is 17.9. The maximum absolute atomic E-state index is 14.3. The fourth-order valence-electron chi connectivity index (χ4n) is 3.77. The highest BCUT2D eigenvalue weighted by atomic mass is 32.1. The molecule has 0 aromatic heterocycles. The Labute approximate surface area is 177 Å². The number of nitrogens with zero attached hydrogens (tertiary/aromatic N) is 1. The highest BCUT2D eigenvalue weighted by Gasteiger charge is 2.29. The lowest BCUT2D eigenvalue weighted by Crippen LogP contribution is -2.44. The van der Waals surface area contributed by atoms with Crippen molar-refractivity contribution in [2.75, 3.05) is 33.9 Å². The highest BCUT2D eigenvalue weighted by molar-refractivity contribution is 7.80. The van der Waals surface area contributed by atoms with E-state index in [-0.39, 0.29) is 11.9 Å². The van der Waals surface area contributed by atoms with Gasteiger partial charge in [-0.15, -0.1) is 0 Å². The number of hydrogen-bond acceptors (Lipinski definition) is 4. The van der Waals surface area contributed by atoms with Crippen molar-refractivity contribution in [3.63, 3.8) is 0 Å². The molecule has 2 N–H and O–H groups in total. The Morgan fingerprint density at radius 3 is 2.59 bits per heavy atom. The molecule has 0 amide bonds. The van der Waals surface area contributed by atoms with E-state index >= 15 is 0 Å². The van der Waals surface area contributed by atoms with Crippen molar-refractivity contribution in [2.24, 2.45) is 0 Å². The summed E-state index contributed by atoms with van der Waals surface area (Å²) in [4.78, 5) is 2.29. The summed E-state index contributed by atoms with van der Waals surface area (Å²) in [5, 5.41) is 7.04. The van der Waals surface area contributed by atoms with Gasteiger partial charge in [-0.05, 0) is 54.9 Å². The van der Waals surface area contributed by atoms with Gasteiger partial charge in [-0.1, -0.05) is 18.2 Å². The number of fused-ring (bicyclic) bond motifs is 1. The van der Waals surface area contributed by atoms with Gasteiger partial charge in [-0.25, -0.2) is 4.39 Å².